The topological polar surface area (TPSA) is 24.9 Å². The number of hydrogen-bond donors (Lipinski definition) is 1. The van der Waals surface area contributed by atoms with Crippen LogP contribution in [-0.2, 0) is 6.42 Å². The minimum atomic E-state index is 0.712. The van der Waals surface area contributed by atoms with E-state index in [0.29, 0.717) is 5.92 Å². The van der Waals surface area contributed by atoms with Crippen molar-refractivity contribution in [1.29, 1.82) is 0 Å². The first-order chi connectivity index (χ1) is 8.27. The second kappa shape index (κ2) is 5.78. The third-order valence-corrected chi connectivity index (χ3v) is 2.86. The fourth-order valence-electron chi connectivity index (χ4n) is 1.99. The summed E-state index contributed by atoms with van der Waals surface area (Å²) < 4.78 is 0. The second-order valence-corrected chi connectivity index (χ2v) is 4.84. The van der Waals surface area contributed by atoms with E-state index >= 15 is 0 Å². The summed E-state index contributed by atoms with van der Waals surface area (Å²) in [4.78, 5) is 4.38. The van der Waals surface area contributed by atoms with Crippen LogP contribution >= 0.6 is 0 Å². The van der Waals surface area contributed by atoms with Gasteiger partial charge in [-0.15, -0.1) is 0 Å². The van der Waals surface area contributed by atoms with Crippen molar-refractivity contribution < 1.29 is 0 Å². The largest absolute Gasteiger partial charge is 0.316 e. The van der Waals surface area contributed by atoms with Gasteiger partial charge in [0.2, 0.25) is 0 Å². The number of fused-ring (bicyclic) bond motifs is 1. The third kappa shape index (κ3) is 3.27. The Balaban J connectivity index is 2.03. The quantitative estimate of drug-likeness (QED) is 0.796. The molecule has 2 rings (SSSR count). The van der Waals surface area contributed by atoms with Crippen molar-refractivity contribution in [3.8, 4) is 0 Å². The van der Waals surface area contributed by atoms with Crippen LogP contribution in [0.2, 0.25) is 0 Å². The predicted molar refractivity (Wildman–Crippen MR) is 73.2 cm³/mol. The minimum Gasteiger partial charge on any atom is -0.316 e. The van der Waals surface area contributed by atoms with Gasteiger partial charge in [-0.1, -0.05) is 32.0 Å². The fraction of sp³-hybridized carbons (Fsp3) is 0.400. The van der Waals surface area contributed by atoms with Gasteiger partial charge in [0.15, 0.2) is 0 Å². The monoisotopic (exact) mass is 228 g/mol. The number of benzene rings is 1. The highest BCUT2D eigenvalue weighted by Crippen LogP contribution is 2.16. The first kappa shape index (κ1) is 12.1. The number of nitrogens with one attached hydrogen (secondary N) is 1. The van der Waals surface area contributed by atoms with Crippen LogP contribution in [0.3, 0.4) is 0 Å². The first-order valence-electron chi connectivity index (χ1n) is 6.30. The average Bonchev–Trinajstić information content (AvgIpc) is 2.34. The molecule has 0 radical (unpaired) electrons. The molecule has 90 valence electrons. The Morgan fingerprint density at radius 1 is 1.18 bits per heavy atom. The molecule has 0 fully saturated rings. The van der Waals surface area contributed by atoms with Crippen molar-refractivity contribution in [2.75, 3.05) is 13.1 Å². The van der Waals surface area contributed by atoms with Gasteiger partial charge in [0, 0.05) is 11.6 Å². The van der Waals surface area contributed by atoms with Crippen LogP contribution in [0, 0.1) is 5.92 Å². The molecule has 1 aromatic heterocycles. The Labute approximate surface area is 103 Å². The van der Waals surface area contributed by atoms with Crippen molar-refractivity contribution in [1.82, 2.24) is 10.3 Å². The Bertz CT molecular complexity index is 472. The van der Waals surface area contributed by atoms with Crippen molar-refractivity contribution in [2.45, 2.75) is 20.3 Å². The maximum absolute atomic E-state index is 4.38. The molecular formula is C15H20N2. The van der Waals surface area contributed by atoms with E-state index in [2.05, 4.69) is 48.4 Å². The summed E-state index contributed by atoms with van der Waals surface area (Å²) in [5.41, 5.74) is 2.47. The standard InChI is InChI=1S/C15H20N2/c1-12(2)11-16-9-7-13-8-10-17-15-6-4-3-5-14(13)15/h3-6,8,10,12,16H,7,9,11H2,1-2H3. The SMILES string of the molecule is CC(C)CNCCc1ccnc2ccccc12. The zero-order valence-corrected chi connectivity index (χ0v) is 10.6. The number of hydrogen-bond acceptors (Lipinski definition) is 2. The van der Waals surface area contributed by atoms with E-state index < -0.39 is 0 Å². The van der Waals surface area contributed by atoms with E-state index in [1.165, 1.54) is 10.9 Å². The normalized spacial score (nSPS) is 11.2. The van der Waals surface area contributed by atoms with Gasteiger partial charge in [-0.3, -0.25) is 4.98 Å². The van der Waals surface area contributed by atoms with Crippen LogP contribution in [0.25, 0.3) is 10.9 Å². The lowest BCUT2D eigenvalue weighted by Gasteiger charge is -2.09. The maximum atomic E-state index is 4.38. The van der Waals surface area contributed by atoms with E-state index in [-0.39, 0.29) is 0 Å². The molecule has 1 heterocycles. The van der Waals surface area contributed by atoms with Gasteiger partial charge in [0.05, 0.1) is 5.52 Å². The molecule has 0 atom stereocenters. The van der Waals surface area contributed by atoms with Crippen LogP contribution in [0.1, 0.15) is 19.4 Å². The number of rotatable bonds is 5. The van der Waals surface area contributed by atoms with E-state index in [4.69, 9.17) is 0 Å². The number of pyridine rings is 1. The summed E-state index contributed by atoms with van der Waals surface area (Å²) >= 11 is 0. The molecule has 0 aliphatic heterocycles. The Morgan fingerprint density at radius 3 is 2.82 bits per heavy atom. The van der Waals surface area contributed by atoms with Crippen LogP contribution in [0.5, 0.6) is 0 Å². The van der Waals surface area contributed by atoms with Gasteiger partial charge >= 0.3 is 0 Å². The zero-order chi connectivity index (χ0) is 12.1. The molecule has 0 bridgehead atoms. The number of aromatic nitrogens is 1. The minimum absolute atomic E-state index is 0.712. The highest BCUT2D eigenvalue weighted by atomic mass is 14.8. The maximum Gasteiger partial charge on any atom is 0.0704 e. The molecule has 0 saturated heterocycles. The van der Waals surface area contributed by atoms with Gasteiger partial charge < -0.3 is 5.32 Å². The molecule has 0 aliphatic rings. The molecule has 0 saturated carbocycles. The van der Waals surface area contributed by atoms with E-state index in [1.54, 1.807) is 0 Å². The number of nitrogens with zero attached hydrogens (tertiary/aromatic N) is 1. The van der Waals surface area contributed by atoms with Crippen molar-refractivity contribution in [3.05, 3.63) is 42.1 Å². The summed E-state index contributed by atoms with van der Waals surface area (Å²) in [5, 5.41) is 4.76. The fourth-order valence-corrected chi connectivity index (χ4v) is 1.99. The molecule has 0 spiro atoms. The predicted octanol–water partition coefficient (Wildman–Crippen LogP) is 3.02. The first-order valence-corrected chi connectivity index (χ1v) is 6.30. The van der Waals surface area contributed by atoms with Crippen molar-refractivity contribution in [3.63, 3.8) is 0 Å². The Hall–Kier alpha value is -1.41. The summed E-state index contributed by atoms with van der Waals surface area (Å²) in [6.45, 7) is 6.58. The molecule has 0 amide bonds. The lowest BCUT2D eigenvalue weighted by molar-refractivity contribution is 0.554. The van der Waals surface area contributed by atoms with Crippen LogP contribution < -0.4 is 5.32 Å². The Kier molecular flexibility index (Phi) is 4.10. The second-order valence-electron chi connectivity index (χ2n) is 4.84. The average molecular weight is 228 g/mol. The molecule has 17 heavy (non-hydrogen) atoms. The van der Waals surface area contributed by atoms with Crippen molar-refractivity contribution >= 4 is 10.9 Å². The molecule has 2 heteroatoms. The van der Waals surface area contributed by atoms with Crippen LogP contribution in [-0.4, -0.2) is 18.1 Å². The molecule has 1 aromatic carbocycles. The van der Waals surface area contributed by atoms with Gasteiger partial charge in [-0.05, 0) is 43.1 Å². The van der Waals surface area contributed by atoms with E-state index in [9.17, 15) is 0 Å². The summed E-state index contributed by atoms with van der Waals surface area (Å²) in [7, 11) is 0. The molecule has 2 nitrogen and oxygen atoms in total. The highest BCUT2D eigenvalue weighted by molar-refractivity contribution is 5.81. The van der Waals surface area contributed by atoms with E-state index in [0.717, 1.165) is 25.0 Å². The van der Waals surface area contributed by atoms with Crippen LogP contribution in [0.4, 0.5) is 0 Å². The van der Waals surface area contributed by atoms with E-state index in [1.807, 2.05) is 12.3 Å². The zero-order valence-electron chi connectivity index (χ0n) is 10.6. The number of para-hydroxylation sites is 1. The molecule has 2 aromatic rings. The molecule has 1 N–H and O–H groups in total. The van der Waals surface area contributed by atoms with Gasteiger partial charge in [0.25, 0.3) is 0 Å². The van der Waals surface area contributed by atoms with Crippen molar-refractivity contribution in [2.24, 2.45) is 5.92 Å². The lowest BCUT2D eigenvalue weighted by atomic mass is 10.1. The lowest BCUT2D eigenvalue weighted by Crippen LogP contribution is -2.22. The third-order valence-electron chi connectivity index (χ3n) is 2.86. The van der Waals surface area contributed by atoms with Gasteiger partial charge in [0.1, 0.15) is 0 Å². The summed E-state index contributed by atoms with van der Waals surface area (Å²) in [6, 6.07) is 10.5. The molecular weight excluding hydrogens is 208 g/mol. The van der Waals surface area contributed by atoms with Crippen LogP contribution in [0.15, 0.2) is 36.5 Å². The summed E-state index contributed by atoms with van der Waals surface area (Å²) in [5.74, 6) is 0.712. The van der Waals surface area contributed by atoms with Gasteiger partial charge in [-0.25, -0.2) is 0 Å². The highest BCUT2D eigenvalue weighted by Gasteiger charge is 2.01. The Morgan fingerprint density at radius 2 is 2.00 bits per heavy atom. The smallest absolute Gasteiger partial charge is 0.0704 e. The molecule has 0 unspecified atom stereocenters. The van der Waals surface area contributed by atoms with Gasteiger partial charge in [-0.2, -0.15) is 0 Å². The summed E-state index contributed by atoms with van der Waals surface area (Å²) in [6.07, 6.45) is 2.97. The molecule has 0 aliphatic carbocycles.